The van der Waals surface area contributed by atoms with Gasteiger partial charge in [0.15, 0.2) is 12.0 Å². The van der Waals surface area contributed by atoms with Crippen LogP contribution in [0.1, 0.15) is 21.6 Å². The number of nitrogens with zero attached hydrogens (tertiary/aromatic N) is 3. The Labute approximate surface area is 134 Å². The standard InChI is InChI=1S/C18H17N3O2/c1-13-6-3-4-7-15(13)11-21-18(17(12-22)19-20-21)14-8-5-9-16(10-14)23-2/h3-10,12H,11H2,1-2H3. The summed E-state index contributed by atoms with van der Waals surface area (Å²) in [5, 5.41) is 8.15. The molecule has 0 spiro atoms. The summed E-state index contributed by atoms with van der Waals surface area (Å²) in [5.74, 6) is 0.725. The summed E-state index contributed by atoms with van der Waals surface area (Å²) in [7, 11) is 1.61. The number of ether oxygens (including phenoxy) is 1. The zero-order chi connectivity index (χ0) is 16.2. The number of carbonyl (C=O) groups excluding carboxylic acids is 1. The van der Waals surface area contributed by atoms with Gasteiger partial charge < -0.3 is 4.74 Å². The van der Waals surface area contributed by atoms with Crippen molar-refractivity contribution in [3.63, 3.8) is 0 Å². The summed E-state index contributed by atoms with van der Waals surface area (Å²) in [4.78, 5) is 11.3. The fraction of sp³-hybridized carbons (Fsp3) is 0.167. The normalized spacial score (nSPS) is 10.5. The quantitative estimate of drug-likeness (QED) is 0.680. The van der Waals surface area contributed by atoms with Crippen molar-refractivity contribution in [1.82, 2.24) is 15.0 Å². The van der Waals surface area contributed by atoms with Crippen molar-refractivity contribution >= 4 is 6.29 Å². The van der Waals surface area contributed by atoms with E-state index in [1.54, 1.807) is 11.8 Å². The average Bonchev–Trinajstić information content (AvgIpc) is 2.99. The molecule has 1 heterocycles. The molecule has 0 aliphatic heterocycles. The van der Waals surface area contributed by atoms with Crippen molar-refractivity contribution in [3.8, 4) is 17.0 Å². The molecule has 116 valence electrons. The SMILES string of the molecule is COc1cccc(-c2c(C=O)nnn2Cc2ccccc2C)c1. The van der Waals surface area contributed by atoms with E-state index in [4.69, 9.17) is 4.74 Å². The van der Waals surface area contributed by atoms with Gasteiger partial charge in [-0.25, -0.2) is 4.68 Å². The first-order chi connectivity index (χ1) is 11.2. The minimum absolute atomic E-state index is 0.326. The van der Waals surface area contributed by atoms with Crippen LogP contribution in [0, 0.1) is 6.92 Å². The van der Waals surface area contributed by atoms with Crippen molar-refractivity contribution in [2.24, 2.45) is 0 Å². The van der Waals surface area contributed by atoms with Gasteiger partial charge in [-0.3, -0.25) is 4.79 Å². The van der Waals surface area contributed by atoms with Gasteiger partial charge in [-0.2, -0.15) is 0 Å². The van der Waals surface area contributed by atoms with Crippen molar-refractivity contribution in [2.75, 3.05) is 7.11 Å². The molecule has 0 unspecified atom stereocenters. The maximum atomic E-state index is 11.3. The Hall–Kier alpha value is -2.95. The zero-order valence-corrected chi connectivity index (χ0v) is 13.1. The van der Waals surface area contributed by atoms with Crippen LogP contribution in [0.15, 0.2) is 48.5 Å². The first-order valence-electron chi connectivity index (χ1n) is 7.30. The zero-order valence-electron chi connectivity index (χ0n) is 13.1. The predicted octanol–water partition coefficient (Wildman–Crippen LogP) is 3.12. The first kappa shape index (κ1) is 15.0. The summed E-state index contributed by atoms with van der Waals surface area (Å²) in [6.45, 7) is 2.61. The Morgan fingerprint density at radius 2 is 2.00 bits per heavy atom. The maximum Gasteiger partial charge on any atom is 0.172 e. The highest BCUT2D eigenvalue weighted by molar-refractivity contribution is 5.83. The molecule has 0 saturated carbocycles. The molecular weight excluding hydrogens is 290 g/mol. The van der Waals surface area contributed by atoms with Crippen LogP contribution in [0.3, 0.4) is 0 Å². The first-order valence-corrected chi connectivity index (χ1v) is 7.30. The summed E-state index contributed by atoms with van der Waals surface area (Å²) in [6, 6.07) is 15.6. The highest BCUT2D eigenvalue weighted by Crippen LogP contribution is 2.26. The van der Waals surface area contributed by atoms with E-state index in [2.05, 4.69) is 23.3 Å². The third-order valence-electron chi connectivity index (χ3n) is 3.80. The van der Waals surface area contributed by atoms with Gasteiger partial charge in [0.05, 0.1) is 19.3 Å². The topological polar surface area (TPSA) is 57.0 Å². The van der Waals surface area contributed by atoms with Crippen molar-refractivity contribution in [3.05, 3.63) is 65.4 Å². The second-order valence-corrected chi connectivity index (χ2v) is 5.26. The Morgan fingerprint density at radius 1 is 1.17 bits per heavy atom. The number of methoxy groups -OCH3 is 1. The lowest BCUT2D eigenvalue weighted by molar-refractivity contribution is 0.111. The predicted molar refractivity (Wildman–Crippen MR) is 87.7 cm³/mol. The van der Waals surface area contributed by atoms with Crippen LogP contribution in [0.5, 0.6) is 5.75 Å². The fourth-order valence-electron chi connectivity index (χ4n) is 2.53. The van der Waals surface area contributed by atoms with Crippen LogP contribution in [0.25, 0.3) is 11.3 Å². The van der Waals surface area contributed by atoms with Crippen LogP contribution in [-0.2, 0) is 6.54 Å². The number of aldehydes is 1. The maximum absolute atomic E-state index is 11.3. The van der Waals surface area contributed by atoms with E-state index in [0.29, 0.717) is 17.9 Å². The minimum Gasteiger partial charge on any atom is -0.497 e. The third-order valence-corrected chi connectivity index (χ3v) is 3.80. The number of hydrogen-bond donors (Lipinski definition) is 0. The van der Waals surface area contributed by atoms with E-state index >= 15 is 0 Å². The smallest absolute Gasteiger partial charge is 0.172 e. The molecule has 0 N–H and O–H groups in total. The molecule has 5 heteroatoms. The van der Waals surface area contributed by atoms with E-state index in [1.807, 2.05) is 42.5 Å². The summed E-state index contributed by atoms with van der Waals surface area (Å²) >= 11 is 0. The lowest BCUT2D eigenvalue weighted by Gasteiger charge is -2.10. The molecule has 5 nitrogen and oxygen atoms in total. The molecule has 1 aromatic heterocycles. The fourth-order valence-corrected chi connectivity index (χ4v) is 2.53. The number of aryl methyl sites for hydroxylation is 1. The van der Waals surface area contributed by atoms with Crippen molar-refractivity contribution in [1.29, 1.82) is 0 Å². The lowest BCUT2D eigenvalue weighted by atomic mass is 10.1. The van der Waals surface area contributed by atoms with Crippen LogP contribution < -0.4 is 4.74 Å². The largest absolute Gasteiger partial charge is 0.497 e. The number of rotatable bonds is 5. The minimum atomic E-state index is 0.326. The van der Waals surface area contributed by atoms with Gasteiger partial charge in [-0.05, 0) is 30.2 Å². The Morgan fingerprint density at radius 3 is 2.74 bits per heavy atom. The molecule has 0 bridgehead atoms. The average molecular weight is 307 g/mol. The van der Waals surface area contributed by atoms with Crippen LogP contribution in [0.2, 0.25) is 0 Å². The van der Waals surface area contributed by atoms with E-state index in [9.17, 15) is 4.79 Å². The van der Waals surface area contributed by atoms with Gasteiger partial charge in [0.1, 0.15) is 5.75 Å². The van der Waals surface area contributed by atoms with Gasteiger partial charge in [0.25, 0.3) is 0 Å². The van der Waals surface area contributed by atoms with E-state index < -0.39 is 0 Å². The molecule has 0 aliphatic rings. The molecule has 3 rings (SSSR count). The van der Waals surface area contributed by atoms with Gasteiger partial charge >= 0.3 is 0 Å². The number of aromatic nitrogens is 3. The van der Waals surface area contributed by atoms with Gasteiger partial charge in [-0.15, -0.1) is 5.10 Å². The van der Waals surface area contributed by atoms with E-state index in [-0.39, 0.29) is 0 Å². The van der Waals surface area contributed by atoms with Crippen molar-refractivity contribution < 1.29 is 9.53 Å². The molecular formula is C18H17N3O2. The van der Waals surface area contributed by atoms with E-state index in [1.165, 1.54) is 5.56 Å². The van der Waals surface area contributed by atoms with Gasteiger partial charge in [0.2, 0.25) is 0 Å². The molecule has 3 aromatic rings. The lowest BCUT2D eigenvalue weighted by Crippen LogP contribution is -2.06. The molecule has 0 atom stereocenters. The molecule has 0 amide bonds. The monoisotopic (exact) mass is 307 g/mol. The number of hydrogen-bond acceptors (Lipinski definition) is 4. The third kappa shape index (κ3) is 2.99. The van der Waals surface area contributed by atoms with Crippen molar-refractivity contribution in [2.45, 2.75) is 13.5 Å². The van der Waals surface area contributed by atoms with Crippen LogP contribution in [-0.4, -0.2) is 28.4 Å². The summed E-state index contributed by atoms with van der Waals surface area (Å²) in [5.41, 5.74) is 4.19. The second-order valence-electron chi connectivity index (χ2n) is 5.26. The summed E-state index contributed by atoms with van der Waals surface area (Å²) < 4.78 is 7.02. The molecule has 0 saturated heterocycles. The molecule has 0 fully saturated rings. The Kier molecular flexibility index (Phi) is 4.19. The van der Waals surface area contributed by atoms with Crippen LogP contribution in [0.4, 0.5) is 0 Å². The second kappa shape index (κ2) is 6.44. The Bertz CT molecular complexity index is 840. The van der Waals surface area contributed by atoms with Gasteiger partial charge in [-0.1, -0.05) is 41.6 Å². The highest BCUT2D eigenvalue weighted by Gasteiger charge is 2.15. The molecule has 0 aliphatic carbocycles. The summed E-state index contributed by atoms with van der Waals surface area (Å²) in [6.07, 6.45) is 0.732. The van der Waals surface area contributed by atoms with Gasteiger partial charge in [0, 0.05) is 5.56 Å². The van der Waals surface area contributed by atoms with Crippen LogP contribution >= 0.6 is 0 Å². The highest BCUT2D eigenvalue weighted by atomic mass is 16.5. The molecule has 0 radical (unpaired) electrons. The molecule has 2 aromatic carbocycles. The number of benzene rings is 2. The molecule has 23 heavy (non-hydrogen) atoms. The van der Waals surface area contributed by atoms with E-state index in [0.717, 1.165) is 23.2 Å². The number of carbonyl (C=O) groups is 1. The Balaban J connectivity index is 2.07.